The van der Waals surface area contributed by atoms with Crippen molar-refractivity contribution in [3.63, 3.8) is 0 Å². The molecule has 0 radical (unpaired) electrons. The first-order chi connectivity index (χ1) is 11.6. The lowest BCUT2D eigenvalue weighted by molar-refractivity contribution is 1.20. The molecule has 0 amide bonds. The van der Waals surface area contributed by atoms with Crippen molar-refractivity contribution in [3.05, 3.63) is 53.4 Å². The molecule has 3 aromatic heterocycles. The fraction of sp³-hybridized carbons (Fsp3) is 0.286. The lowest BCUT2D eigenvalue weighted by Crippen LogP contribution is -1.96. The van der Waals surface area contributed by atoms with Crippen molar-refractivity contribution in [2.24, 2.45) is 0 Å². The number of fused-ring (bicyclic) bond motifs is 6. The topological polar surface area (TPSA) is 38.7 Å². The Morgan fingerprint density at radius 3 is 1.58 bits per heavy atom. The summed E-state index contributed by atoms with van der Waals surface area (Å²) in [6.45, 7) is 12.4. The van der Waals surface area contributed by atoms with Crippen LogP contribution in [0.2, 0.25) is 0 Å². The summed E-state index contributed by atoms with van der Waals surface area (Å²) in [6.07, 6.45) is 5.74. The van der Waals surface area contributed by atoms with Crippen LogP contribution in [-0.2, 0) is 0 Å². The summed E-state index contributed by atoms with van der Waals surface area (Å²) in [7, 11) is 0. The summed E-state index contributed by atoms with van der Waals surface area (Å²) in [5, 5.41) is 7.40. The van der Waals surface area contributed by atoms with Gasteiger partial charge in [0.25, 0.3) is 0 Å². The highest BCUT2D eigenvalue weighted by Crippen LogP contribution is 2.39. The van der Waals surface area contributed by atoms with Gasteiger partial charge in [0.1, 0.15) is 0 Å². The summed E-state index contributed by atoms with van der Waals surface area (Å²) in [5.74, 6) is 0. The van der Waals surface area contributed by atoms with Crippen LogP contribution in [0.3, 0.4) is 0 Å². The van der Waals surface area contributed by atoms with Crippen LogP contribution in [0.15, 0.2) is 30.7 Å². The van der Waals surface area contributed by atoms with Gasteiger partial charge >= 0.3 is 0 Å². The molecule has 0 saturated carbocycles. The van der Waals surface area contributed by atoms with Gasteiger partial charge in [0.15, 0.2) is 0 Å². The maximum absolute atomic E-state index is 4.58. The number of hydrogen-bond acceptors (Lipinski definition) is 3. The third-order valence-electron chi connectivity index (χ3n) is 4.53. The molecule has 0 fully saturated rings. The molecule has 0 aliphatic rings. The molecule has 0 spiro atoms. The predicted molar refractivity (Wildman–Crippen MR) is 103 cm³/mol. The number of hydrogen-bond donors (Lipinski definition) is 0. The SMILES string of the molecule is CC.Cc1nccc2c1c1ccnc(C)c1c1c(C)cnc(C)c21. The van der Waals surface area contributed by atoms with Crippen molar-refractivity contribution in [2.45, 2.75) is 41.5 Å². The largest absolute Gasteiger partial charge is 0.261 e. The third-order valence-corrected chi connectivity index (χ3v) is 4.53. The van der Waals surface area contributed by atoms with Gasteiger partial charge in [-0.1, -0.05) is 13.8 Å². The van der Waals surface area contributed by atoms with Crippen LogP contribution in [-0.4, -0.2) is 15.0 Å². The van der Waals surface area contributed by atoms with Gasteiger partial charge in [-0.2, -0.15) is 0 Å². The average Bonchev–Trinajstić information content (AvgIpc) is 2.59. The molecule has 0 atom stereocenters. The first-order valence-corrected chi connectivity index (χ1v) is 8.48. The molecule has 24 heavy (non-hydrogen) atoms. The van der Waals surface area contributed by atoms with E-state index in [-0.39, 0.29) is 0 Å². The number of benzene rings is 1. The smallest absolute Gasteiger partial charge is 0.0457 e. The molecule has 3 heterocycles. The minimum Gasteiger partial charge on any atom is -0.261 e. The summed E-state index contributed by atoms with van der Waals surface area (Å²) >= 11 is 0. The summed E-state index contributed by atoms with van der Waals surface area (Å²) < 4.78 is 0. The Bertz CT molecular complexity index is 1020. The van der Waals surface area contributed by atoms with E-state index in [1.54, 1.807) is 0 Å². The minimum atomic E-state index is 1.05. The quantitative estimate of drug-likeness (QED) is 0.397. The van der Waals surface area contributed by atoms with Crippen LogP contribution in [0.4, 0.5) is 0 Å². The van der Waals surface area contributed by atoms with E-state index in [9.17, 15) is 0 Å². The van der Waals surface area contributed by atoms with E-state index >= 15 is 0 Å². The van der Waals surface area contributed by atoms with E-state index < -0.39 is 0 Å². The highest BCUT2D eigenvalue weighted by atomic mass is 14.7. The van der Waals surface area contributed by atoms with Gasteiger partial charge in [0.2, 0.25) is 0 Å². The van der Waals surface area contributed by atoms with Gasteiger partial charge in [0.05, 0.1) is 0 Å². The predicted octanol–water partition coefficient (Wildman–Crippen LogP) is 5.59. The second-order valence-corrected chi connectivity index (χ2v) is 5.91. The van der Waals surface area contributed by atoms with E-state index in [0.717, 1.165) is 17.1 Å². The molecule has 0 bridgehead atoms. The monoisotopic (exact) mass is 317 g/mol. The molecule has 1 aromatic carbocycles. The van der Waals surface area contributed by atoms with E-state index in [0.29, 0.717) is 0 Å². The van der Waals surface area contributed by atoms with Gasteiger partial charge in [-0.25, -0.2) is 0 Å². The standard InChI is InChI=1S/C19H17N3.C2H6/c1-10-9-22-13(4)19-15-5-7-20-11(2)17(15)14-6-8-21-12(3)18(14)16(10)19;1-2/h5-9H,1-4H3;1-2H3. The first-order valence-electron chi connectivity index (χ1n) is 8.48. The molecule has 0 unspecified atom stereocenters. The Morgan fingerprint density at radius 1 is 0.583 bits per heavy atom. The van der Waals surface area contributed by atoms with Crippen molar-refractivity contribution in [2.75, 3.05) is 0 Å². The molecule has 122 valence electrons. The van der Waals surface area contributed by atoms with Gasteiger partial charge in [-0.3, -0.25) is 15.0 Å². The summed E-state index contributed by atoms with van der Waals surface area (Å²) in [5.41, 5.74) is 4.36. The highest BCUT2D eigenvalue weighted by Gasteiger charge is 2.16. The van der Waals surface area contributed by atoms with Crippen molar-refractivity contribution < 1.29 is 0 Å². The molecule has 0 N–H and O–H groups in total. The second-order valence-electron chi connectivity index (χ2n) is 5.91. The molecule has 0 saturated heterocycles. The Balaban J connectivity index is 0.000000815. The zero-order chi connectivity index (χ0) is 17.4. The fourth-order valence-electron chi connectivity index (χ4n) is 3.56. The Hall–Kier alpha value is -2.55. The van der Waals surface area contributed by atoms with Crippen molar-refractivity contribution >= 4 is 32.3 Å². The molecular weight excluding hydrogens is 294 g/mol. The minimum absolute atomic E-state index is 1.05. The zero-order valence-corrected chi connectivity index (χ0v) is 15.2. The van der Waals surface area contributed by atoms with Crippen molar-refractivity contribution in [3.8, 4) is 0 Å². The first kappa shape index (κ1) is 16.3. The number of pyridine rings is 3. The van der Waals surface area contributed by atoms with Crippen LogP contribution in [0, 0.1) is 27.7 Å². The van der Waals surface area contributed by atoms with Crippen LogP contribution < -0.4 is 0 Å². The third kappa shape index (κ3) is 2.23. The normalized spacial score (nSPS) is 10.9. The van der Waals surface area contributed by atoms with Gasteiger partial charge in [0, 0.05) is 51.8 Å². The van der Waals surface area contributed by atoms with Crippen LogP contribution in [0.25, 0.3) is 32.3 Å². The van der Waals surface area contributed by atoms with E-state index in [1.165, 1.54) is 37.9 Å². The summed E-state index contributed by atoms with van der Waals surface area (Å²) in [4.78, 5) is 13.6. The molecule has 0 aliphatic heterocycles. The zero-order valence-electron chi connectivity index (χ0n) is 15.2. The number of rotatable bonds is 0. The molecule has 4 rings (SSSR count). The van der Waals surface area contributed by atoms with Crippen LogP contribution >= 0.6 is 0 Å². The van der Waals surface area contributed by atoms with E-state index in [1.807, 2.05) is 32.4 Å². The molecule has 4 aromatic rings. The Labute approximate surface area is 142 Å². The number of nitrogens with zero attached hydrogens (tertiary/aromatic N) is 3. The van der Waals surface area contributed by atoms with Crippen molar-refractivity contribution in [1.29, 1.82) is 0 Å². The van der Waals surface area contributed by atoms with E-state index in [4.69, 9.17) is 0 Å². The Kier molecular flexibility index (Phi) is 4.18. The molecule has 0 aliphatic carbocycles. The highest BCUT2D eigenvalue weighted by molar-refractivity contribution is 6.27. The van der Waals surface area contributed by atoms with Crippen molar-refractivity contribution in [1.82, 2.24) is 15.0 Å². The summed E-state index contributed by atoms with van der Waals surface area (Å²) in [6, 6.07) is 4.21. The van der Waals surface area contributed by atoms with E-state index in [2.05, 4.69) is 54.8 Å². The molecule has 3 nitrogen and oxygen atoms in total. The molecular formula is C21H23N3. The van der Waals surface area contributed by atoms with Crippen LogP contribution in [0.1, 0.15) is 36.5 Å². The van der Waals surface area contributed by atoms with Gasteiger partial charge in [-0.15, -0.1) is 0 Å². The maximum Gasteiger partial charge on any atom is 0.0457 e. The number of aryl methyl sites for hydroxylation is 4. The maximum atomic E-state index is 4.58. The Morgan fingerprint density at radius 2 is 1.04 bits per heavy atom. The van der Waals surface area contributed by atoms with Gasteiger partial charge < -0.3 is 0 Å². The number of aromatic nitrogens is 3. The second kappa shape index (κ2) is 6.16. The van der Waals surface area contributed by atoms with Crippen LogP contribution in [0.5, 0.6) is 0 Å². The fourth-order valence-corrected chi connectivity index (χ4v) is 3.56. The lowest BCUT2D eigenvalue weighted by atomic mass is 9.91. The van der Waals surface area contributed by atoms with Gasteiger partial charge in [-0.05, 0) is 61.5 Å². The average molecular weight is 317 g/mol. The lowest BCUT2D eigenvalue weighted by Gasteiger charge is -2.15. The molecule has 3 heteroatoms.